The van der Waals surface area contributed by atoms with E-state index in [0.29, 0.717) is 10.8 Å². The third kappa shape index (κ3) is 4.03. The molecule has 1 atom stereocenters. The summed E-state index contributed by atoms with van der Waals surface area (Å²) in [6.07, 6.45) is 4.23. The van der Waals surface area contributed by atoms with Gasteiger partial charge in [0, 0.05) is 23.5 Å². The Morgan fingerprint density at radius 2 is 2.00 bits per heavy atom. The molecule has 1 amide bonds. The zero-order valence-electron chi connectivity index (χ0n) is 14.9. The zero-order chi connectivity index (χ0) is 18.6. The maximum Gasteiger partial charge on any atom is 0.245 e. The molecule has 138 valence electrons. The number of amides is 1. The van der Waals surface area contributed by atoms with Gasteiger partial charge in [0.05, 0.1) is 5.52 Å². The van der Waals surface area contributed by atoms with Crippen LogP contribution in [0.2, 0.25) is 5.02 Å². The SMILES string of the molecule is O=C1C(Nc2ncnc3cc(Cl)ccc23)CCN1CCCc1ccccc1. The Labute approximate surface area is 163 Å². The Morgan fingerprint density at radius 1 is 1.15 bits per heavy atom. The predicted molar refractivity (Wildman–Crippen MR) is 108 cm³/mol. The zero-order valence-corrected chi connectivity index (χ0v) is 15.7. The molecule has 1 aromatic heterocycles. The van der Waals surface area contributed by atoms with Gasteiger partial charge in [-0.05, 0) is 43.0 Å². The van der Waals surface area contributed by atoms with Crippen molar-refractivity contribution >= 4 is 34.2 Å². The average molecular weight is 381 g/mol. The molecule has 1 fully saturated rings. The number of aryl methyl sites for hydroxylation is 1. The maximum absolute atomic E-state index is 12.7. The lowest BCUT2D eigenvalue weighted by Gasteiger charge is -2.17. The van der Waals surface area contributed by atoms with Crippen LogP contribution in [0.15, 0.2) is 54.9 Å². The van der Waals surface area contributed by atoms with Crippen LogP contribution in [0.4, 0.5) is 5.82 Å². The fourth-order valence-corrected chi connectivity index (χ4v) is 3.69. The van der Waals surface area contributed by atoms with Crippen molar-refractivity contribution in [2.75, 3.05) is 18.4 Å². The third-order valence-corrected chi connectivity index (χ3v) is 5.18. The Balaban J connectivity index is 1.38. The number of anilines is 1. The minimum Gasteiger partial charge on any atom is -0.358 e. The van der Waals surface area contributed by atoms with E-state index in [2.05, 4.69) is 39.6 Å². The first-order chi connectivity index (χ1) is 13.2. The fourth-order valence-electron chi connectivity index (χ4n) is 3.52. The quantitative estimate of drug-likeness (QED) is 0.704. The largest absolute Gasteiger partial charge is 0.358 e. The molecule has 3 aromatic rings. The highest BCUT2D eigenvalue weighted by Crippen LogP contribution is 2.25. The highest BCUT2D eigenvalue weighted by atomic mass is 35.5. The second-order valence-corrected chi connectivity index (χ2v) is 7.22. The Hall–Kier alpha value is -2.66. The lowest BCUT2D eigenvalue weighted by molar-refractivity contribution is -0.128. The summed E-state index contributed by atoms with van der Waals surface area (Å²) in [5, 5.41) is 4.81. The standard InChI is InChI=1S/C21H21ClN4O/c22-16-8-9-17-19(13-16)23-14-24-20(17)25-18-10-12-26(21(18)27)11-4-7-15-5-2-1-3-6-15/h1-3,5-6,8-9,13-14,18H,4,7,10-12H2,(H,23,24,25). The number of fused-ring (bicyclic) bond motifs is 1. The monoisotopic (exact) mass is 380 g/mol. The molecular formula is C21H21ClN4O. The van der Waals surface area contributed by atoms with Gasteiger partial charge in [-0.3, -0.25) is 4.79 Å². The molecule has 1 unspecified atom stereocenters. The number of rotatable bonds is 6. The summed E-state index contributed by atoms with van der Waals surface area (Å²) in [5.41, 5.74) is 2.08. The summed E-state index contributed by atoms with van der Waals surface area (Å²) in [6, 6.07) is 15.6. The van der Waals surface area contributed by atoms with Crippen molar-refractivity contribution in [1.82, 2.24) is 14.9 Å². The molecule has 1 aliphatic heterocycles. The van der Waals surface area contributed by atoms with Gasteiger partial charge in [-0.1, -0.05) is 41.9 Å². The molecule has 2 heterocycles. The van der Waals surface area contributed by atoms with E-state index in [9.17, 15) is 4.79 Å². The van der Waals surface area contributed by atoms with Crippen molar-refractivity contribution in [3.63, 3.8) is 0 Å². The fraction of sp³-hybridized carbons (Fsp3) is 0.286. The van der Waals surface area contributed by atoms with E-state index in [1.165, 1.54) is 11.9 Å². The van der Waals surface area contributed by atoms with Crippen LogP contribution in [0.5, 0.6) is 0 Å². The number of halogens is 1. The number of nitrogens with one attached hydrogen (secondary N) is 1. The van der Waals surface area contributed by atoms with Gasteiger partial charge in [0.2, 0.25) is 5.91 Å². The van der Waals surface area contributed by atoms with Crippen LogP contribution < -0.4 is 5.32 Å². The van der Waals surface area contributed by atoms with Crippen LogP contribution in [-0.2, 0) is 11.2 Å². The van der Waals surface area contributed by atoms with Crippen LogP contribution in [0.3, 0.4) is 0 Å². The summed E-state index contributed by atoms with van der Waals surface area (Å²) in [4.78, 5) is 23.3. The van der Waals surface area contributed by atoms with Crippen LogP contribution >= 0.6 is 11.6 Å². The number of hydrogen-bond donors (Lipinski definition) is 1. The molecule has 6 heteroatoms. The second kappa shape index (κ2) is 7.92. The van der Waals surface area contributed by atoms with Gasteiger partial charge in [-0.25, -0.2) is 9.97 Å². The third-order valence-electron chi connectivity index (χ3n) is 4.94. The van der Waals surface area contributed by atoms with Gasteiger partial charge in [-0.15, -0.1) is 0 Å². The molecule has 4 rings (SSSR count). The van der Waals surface area contributed by atoms with Crippen molar-refractivity contribution in [1.29, 1.82) is 0 Å². The first kappa shape index (κ1) is 17.7. The molecular weight excluding hydrogens is 360 g/mol. The van der Waals surface area contributed by atoms with E-state index in [-0.39, 0.29) is 11.9 Å². The van der Waals surface area contributed by atoms with Gasteiger partial charge < -0.3 is 10.2 Å². The Morgan fingerprint density at radius 3 is 2.85 bits per heavy atom. The number of hydrogen-bond acceptors (Lipinski definition) is 4. The van der Waals surface area contributed by atoms with Crippen LogP contribution in [0.25, 0.3) is 10.9 Å². The van der Waals surface area contributed by atoms with E-state index in [4.69, 9.17) is 11.6 Å². The molecule has 2 aromatic carbocycles. The highest BCUT2D eigenvalue weighted by Gasteiger charge is 2.31. The molecule has 0 radical (unpaired) electrons. The molecule has 1 saturated heterocycles. The highest BCUT2D eigenvalue weighted by molar-refractivity contribution is 6.31. The van der Waals surface area contributed by atoms with E-state index in [0.717, 1.165) is 43.3 Å². The van der Waals surface area contributed by atoms with Crippen molar-refractivity contribution in [2.24, 2.45) is 0 Å². The first-order valence-electron chi connectivity index (χ1n) is 9.20. The van der Waals surface area contributed by atoms with E-state index in [1.807, 2.05) is 23.1 Å². The number of aromatic nitrogens is 2. The van der Waals surface area contributed by atoms with Crippen LogP contribution in [0.1, 0.15) is 18.4 Å². The number of nitrogens with zero attached hydrogens (tertiary/aromatic N) is 3. The van der Waals surface area contributed by atoms with Gasteiger partial charge in [0.15, 0.2) is 0 Å². The number of carbonyl (C=O) groups excluding carboxylic acids is 1. The summed E-state index contributed by atoms with van der Waals surface area (Å²) < 4.78 is 0. The van der Waals surface area contributed by atoms with E-state index >= 15 is 0 Å². The molecule has 0 bridgehead atoms. The smallest absolute Gasteiger partial charge is 0.245 e. The number of benzene rings is 2. The summed E-state index contributed by atoms with van der Waals surface area (Å²) in [7, 11) is 0. The summed E-state index contributed by atoms with van der Waals surface area (Å²) in [6.45, 7) is 1.56. The van der Waals surface area contributed by atoms with E-state index < -0.39 is 0 Å². The molecule has 1 N–H and O–H groups in total. The van der Waals surface area contributed by atoms with Gasteiger partial charge in [0.25, 0.3) is 0 Å². The van der Waals surface area contributed by atoms with Crippen molar-refractivity contribution in [2.45, 2.75) is 25.3 Å². The van der Waals surface area contributed by atoms with E-state index in [1.54, 1.807) is 6.07 Å². The van der Waals surface area contributed by atoms with Crippen LogP contribution in [-0.4, -0.2) is 39.9 Å². The average Bonchev–Trinajstić information content (AvgIpc) is 3.02. The predicted octanol–water partition coefficient (Wildman–Crippen LogP) is 3.93. The molecule has 27 heavy (non-hydrogen) atoms. The van der Waals surface area contributed by atoms with Gasteiger partial charge in [-0.2, -0.15) is 0 Å². The molecule has 0 spiro atoms. The first-order valence-corrected chi connectivity index (χ1v) is 9.58. The maximum atomic E-state index is 12.7. The van der Waals surface area contributed by atoms with Crippen molar-refractivity contribution < 1.29 is 4.79 Å². The summed E-state index contributed by atoms with van der Waals surface area (Å²) >= 11 is 6.03. The lowest BCUT2D eigenvalue weighted by Crippen LogP contribution is -2.34. The van der Waals surface area contributed by atoms with Crippen LogP contribution in [0, 0.1) is 0 Å². The second-order valence-electron chi connectivity index (χ2n) is 6.78. The van der Waals surface area contributed by atoms with Crippen molar-refractivity contribution in [3.8, 4) is 0 Å². The lowest BCUT2D eigenvalue weighted by atomic mass is 10.1. The van der Waals surface area contributed by atoms with Crippen molar-refractivity contribution in [3.05, 3.63) is 65.4 Å². The normalized spacial score (nSPS) is 16.9. The molecule has 5 nitrogen and oxygen atoms in total. The summed E-state index contributed by atoms with van der Waals surface area (Å²) in [5.74, 6) is 0.824. The van der Waals surface area contributed by atoms with Gasteiger partial charge >= 0.3 is 0 Å². The molecule has 0 saturated carbocycles. The minimum atomic E-state index is -0.240. The minimum absolute atomic E-state index is 0.142. The van der Waals surface area contributed by atoms with Gasteiger partial charge in [0.1, 0.15) is 18.2 Å². The molecule has 0 aliphatic carbocycles. The Kier molecular flexibility index (Phi) is 5.21. The Bertz CT molecular complexity index is 947. The number of carbonyl (C=O) groups is 1. The topological polar surface area (TPSA) is 58.1 Å². The molecule has 1 aliphatic rings. The number of likely N-dealkylation sites (tertiary alicyclic amines) is 1.